The number of nitrogens with zero attached hydrogens (tertiary/aromatic N) is 2. The summed E-state index contributed by atoms with van der Waals surface area (Å²) >= 11 is 0. The third-order valence-corrected chi connectivity index (χ3v) is 4.11. The van der Waals surface area contributed by atoms with Gasteiger partial charge in [-0.2, -0.15) is 13.2 Å². The predicted octanol–water partition coefficient (Wildman–Crippen LogP) is 3.05. The van der Waals surface area contributed by atoms with Crippen LogP contribution in [0.2, 0.25) is 0 Å². The third-order valence-electron chi connectivity index (χ3n) is 4.11. The Hall–Kier alpha value is -1.60. The van der Waals surface area contributed by atoms with Gasteiger partial charge in [0.1, 0.15) is 5.52 Å². The van der Waals surface area contributed by atoms with Crippen LogP contribution in [0, 0.1) is 5.92 Å². The maximum atomic E-state index is 12.7. The molecule has 0 aliphatic carbocycles. The summed E-state index contributed by atoms with van der Waals surface area (Å²) in [6, 6.07) is 3.30. The largest absolute Gasteiger partial charge is 0.439 e. The fourth-order valence-corrected chi connectivity index (χ4v) is 2.81. The van der Waals surface area contributed by atoms with Crippen LogP contribution in [0.25, 0.3) is 11.1 Å². The monoisotopic (exact) mass is 314 g/mol. The van der Waals surface area contributed by atoms with Crippen molar-refractivity contribution in [2.45, 2.75) is 32.2 Å². The number of likely N-dealkylation sites (tertiary alicyclic amines) is 1. The Labute approximate surface area is 125 Å². The molecule has 0 radical (unpaired) electrons. The van der Waals surface area contributed by atoms with E-state index in [-0.39, 0.29) is 17.5 Å². The summed E-state index contributed by atoms with van der Waals surface area (Å²) in [6.45, 7) is 3.78. The first-order valence-electron chi connectivity index (χ1n) is 7.20. The van der Waals surface area contributed by atoms with E-state index < -0.39 is 11.7 Å². The fraction of sp³-hybridized carbons (Fsp3) is 0.533. The van der Waals surface area contributed by atoms with Crippen LogP contribution in [-0.2, 0) is 12.7 Å². The van der Waals surface area contributed by atoms with E-state index in [1.54, 1.807) is 6.92 Å². The molecule has 2 unspecified atom stereocenters. The van der Waals surface area contributed by atoms with Gasteiger partial charge in [0, 0.05) is 6.54 Å². The van der Waals surface area contributed by atoms with E-state index in [1.165, 1.54) is 6.07 Å². The van der Waals surface area contributed by atoms with Gasteiger partial charge in [-0.15, -0.1) is 0 Å². The number of halogens is 3. The lowest BCUT2D eigenvalue weighted by Crippen LogP contribution is -2.24. The SMILES string of the molecule is CC(O)C1CCN(Cc2nc3cc(C(F)(F)F)ccc3o2)C1. The van der Waals surface area contributed by atoms with E-state index in [4.69, 9.17) is 4.42 Å². The highest BCUT2D eigenvalue weighted by Gasteiger charge is 2.31. The van der Waals surface area contributed by atoms with Gasteiger partial charge < -0.3 is 9.52 Å². The molecule has 1 aliphatic rings. The highest BCUT2D eigenvalue weighted by molar-refractivity contribution is 5.73. The predicted molar refractivity (Wildman–Crippen MR) is 74.1 cm³/mol. The number of rotatable bonds is 3. The second kappa shape index (κ2) is 5.55. The Morgan fingerprint density at radius 2 is 2.23 bits per heavy atom. The lowest BCUT2D eigenvalue weighted by molar-refractivity contribution is -0.137. The van der Waals surface area contributed by atoms with Crippen molar-refractivity contribution in [3.05, 3.63) is 29.7 Å². The van der Waals surface area contributed by atoms with Gasteiger partial charge >= 0.3 is 6.18 Å². The Morgan fingerprint density at radius 3 is 2.86 bits per heavy atom. The van der Waals surface area contributed by atoms with Crippen LogP contribution >= 0.6 is 0 Å². The molecular weight excluding hydrogens is 297 g/mol. The van der Waals surface area contributed by atoms with Crippen molar-refractivity contribution >= 4 is 11.1 Å². The minimum absolute atomic E-state index is 0.219. The van der Waals surface area contributed by atoms with Gasteiger partial charge in [0.25, 0.3) is 0 Å². The smallest absolute Gasteiger partial charge is 0.416 e. The Kier molecular flexibility index (Phi) is 3.86. The molecule has 1 N–H and O–H groups in total. The normalized spacial score (nSPS) is 21.6. The summed E-state index contributed by atoms with van der Waals surface area (Å²) in [5, 5.41) is 9.58. The molecule has 0 bridgehead atoms. The minimum atomic E-state index is -4.38. The summed E-state index contributed by atoms with van der Waals surface area (Å²) in [6.07, 6.45) is -3.84. The highest BCUT2D eigenvalue weighted by atomic mass is 19.4. The number of aliphatic hydroxyl groups is 1. The first-order chi connectivity index (χ1) is 10.3. The molecule has 0 saturated carbocycles. The molecule has 0 amide bonds. The topological polar surface area (TPSA) is 49.5 Å². The Morgan fingerprint density at radius 1 is 1.45 bits per heavy atom. The number of aromatic nitrogens is 1. The van der Waals surface area contributed by atoms with Crippen LogP contribution in [-0.4, -0.2) is 34.2 Å². The van der Waals surface area contributed by atoms with Gasteiger partial charge in [0.2, 0.25) is 5.89 Å². The molecule has 7 heteroatoms. The number of alkyl halides is 3. The van der Waals surface area contributed by atoms with Crippen LogP contribution in [0.1, 0.15) is 24.8 Å². The first kappa shape index (κ1) is 15.3. The van der Waals surface area contributed by atoms with Crippen molar-refractivity contribution in [2.75, 3.05) is 13.1 Å². The van der Waals surface area contributed by atoms with Crippen molar-refractivity contribution in [3.8, 4) is 0 Å². The van der Waals surface area contributed by atoms with Crippen molar-refractivity contribution in [3.63, 3.8) is 0 Å². The average molecular weight is 314 g/mol. The molecule has 2 heterocycles. The van der Waals surface area contributed by atoms with Crippen molar-refractivity contribution in [2.24, 2.45) is 5.92 Å². The maximum Gasteiger partial charge on any atom is 0.416 e. The van der Waals surface area contributed by atoms with Crippen molar-refractivity contribution in [1.82, 2.24) is 9.88 Å². The lowest BCUT2D eigenvalue weighted by atomic mass is 10.0. The van der Waals surface area contributed by atoms with E-state index >= 15 is 0 Å². The lowest BCUT2D eigenvalue weighted by Gasteiger charge is -2.15. The minimum Gasteiger partial charge on any atom is -0.439 e. The van der Waals surface area contributed by atoms with E-state index in [9.17, 15) is 18.3 Å². The van der Waals surface area contributed by atoms with Crippen LogP contribution < -0.4 is 0 Å². The van der Waals surface area contributed by atoms with Crippen molar-refractivity contribution in [1.29, 1.82) is 0 Å². The molecule has 2 aromatic rings. The number of hydrogen-bond acceptors (Lipinski definition) is 4. The van der Waals surface area contributed by atoms with Gasteiger partial charge in [0.15, 0.2) is 5.58 Å². The molecule has 3 rings (SSSR count). The van der Waals surface area contributed by atoms with Crippen LogP contribution in [0.4, 0.5) is 13.2 Å². The summed E-state index contributed by atoms with van der Waals surface area (Å²) in [4.78, 5) is 6.24. The van der Waals surface area contributed by atoms with Gasteiger partial charge in [-0.05, 0) is 44.0 Å². The average Bonchev–Trinajstić information content (AvgIpc) is 3.03. The second-order valence-corrected chi connectivity index (χ2v) is 5.81. The molecule has 1 aromatic heterocycles. The zero-order chi connectivity index (χ0) is 15.9. The standard InChI is InChI=1S/C15H17F3N2O2/c1-9(21)10-4-5-20(7-10)8-14-19-12-6-11(15(16,17)18)2-3-13(12)22-14/h2-3,6,9-10,21H,4-5,7-8H2,1H3. The van der Waals surface area contributed by atoms with Crippen LogP contribution in [0.5, 0.6) is 0 Å². The molecule has 1 saturated heterocycles. The number of aliphatic hydroxyl groups excluding tert-OH is 1. The molecular formula is C15H17F3N2O2. The molecule has 4 nitrogen and oxygen atoms in total. The quantitative estimate of drug-likeness (QED) is 0.946. The van der Waals surface area contributed by atoms with E-state index in [2.05, 4.69) is 9.88 Å². The van der Waals surface area contributed by atoms with E-state index in [0.717, 1.165) is 31.6 Å². The number of oxazole rings is 1. The van der Waals surface area contributed by atoms with Crippen LogP contribution in [0.3, 0.4) is 0 Å². The van der Waals surface area contributed by atoms with Crippen LogP contribution in [0.15, 0.2) is 22.6 Å². The summed E-state index contributed by atoms with van der Waals surface area (Å²) in [5.41, 5.74) is -0.152. The van der Waals surface area contributed by atoms with Gasteiger partial charge in [0.05, 0.1) is 18.2 Å². The van der Waals surface area contributed by atoms with Gasteiger partial charge in [-0.1, -0.05) is 0 Å². The number of hydrogen-bond donors (Lipinski definition) is 1. The summed E-state index contributed by atoms with van der Waals surface area (Å²) in [5.74, 6) is 0.627. The van der Waals surface area contributed by atoms with E-state index in [1.807, 2.05) is 0 Å². The molecule has 22 heavy (non-hydrogen) atoms. The Balaban J connectivity index is 1.75. The molecule has 1 aromatic carbocycles. The van der Waals surface area contributed by atoms with Gasteiger partial charge in [-0.25, -0.2) is 4.98 Å². The number of fused-ring (bicyclic) bond motifs is 1. The Bertz CT molecular complexity index is 666. The molecule has 1 fully saturated rings. The summed E-state index contributed by atoms with van der Waals surface area (Å²) in [7, 11) is 0. The highest BCUT2D eigenvalue weighted by Crippen LogP contribution is 2.31. The first-order valence-corrected chi connectivity index (χ1v) is 7.20. The third kappa shape index (κ3) is 3.10. The summed E-state index contributed by atoms with van der Waals surface area (Å²) < 4.78 is 43.5. The fourth-order valence-electron chi connectivity index (χ4n) is 2.81. The number of benzene rings is 1. The molecule has 120 valence electrons. The van der Waals surface area contributed by atoms with Crippen molar-refractivity contribution < 1.29 is 22.7 Å². The molecule has 1 aliphatic heterocycles. The zero-order valence-corrected chi connectivity index (χ0v) is 12.1. The second-order valence-electron chi connectivity index (χ2n) is 5.81. The zero-order valence-electron chi connectivity index (χ0n) is 12.1. The molecule has 0 spiro atoms. The van der Waals surface area contributed by atoms with E-state index in [0.29, 0.717) is 18.0 Å². The van der Waals surface area contributed by atoms with Gasteiger partial charge in [-0.3, -0.25) is 4.90 Å². The maximum absolute atomic E-state index is 12.7. The molecule has 2 atom stereocenters.